The van der Waals surface area contributed by atoms with Crippen molar-refractivity contribution in [3.05, 3.63) is 35.0 Å². The molecule has 4 heteroatoms. The fourth-order valence-electron chi connectivity index (χ4n) is 2.16. The van der Waals surface area contributed by atoms with E-state index in [1.54, 1.807) is 19.0 Å². The molecule has 2 rings (SSSR count). The highest BCUT2D eigenvalue weighted by Crippen LogP contribution is 2.27. The summed E-state index contributed by atoms with van der Waals surface area (Å²) in [6.45, 7) is 4.14. The van der Waals surface area contributed by atoms with Crippen molar-refractivity contribution >= 4 is 28.4 Å². The van der Waals surface area contributed by atoms with Gasteiger partial charge in [-0.15, -0.1) is 0 Å². The number of hydrogen-bond acceptors (Lipinski definition) is 1. The van der Waals surface area contributed by atoms with Crippen molar-refractivity contribution in [2.75, 3.05) is 14.1 Å². The van der Waals surface area contributed by atoms with E-state index in [0.717, 1.165) is 10.9 Å². The number of rotatable bonds is 2. The number of benzene rings is 1. The first kappa shape index (κ1) is 13.0. The van der Waals surface area contributed by atoms with Crippen LogP contribution in [0, 0.1) is 0 Å². The zero-order chi connectivity index (χ0) is 13.4. The Morgan fingerprint density at radius 3 is 2.50 bits per heavy atom. The predicted octanol–water partition coefficient (Wildman–Crippen LogP) is 3.58. The molecule has 0 radical (unpaired) electrons. The topological polar surface area (TPSA) is 25.2 Å². The second-order valence-electron chi connectivity index (χ2n) is 4.90. The lowest BCUT2D eigenvalue weighted by molar-refractivity contribution is 0.0816. The smallest absolute Gasteiger partial charge is 0.270 e. The van der Waals surface area contributed by atoms with Gasteiger partial charge in [-0.2, -0.15) is 0 Å². The van der Waals surface area contributed by atoms with Crippen LogP contribution in [0.5, 0.6) is 0 Å². The summed E-state index contributed by atoms with van der Waals surface area (Å²) < 4.78 is 2.05. The van der Waals surface area contributed by atoms with E-state index in [2.05, 4.69) is 13.8 Å². The Morgan fingerprint density at radius 1 is 1.28 bits per heavy atom. The third kappa shape index (κ3) is 2.10. The minimum atomic E-state index is 0.0102. The fourth-order valence-corrected chi connectivity index (χ4v) is 2.34. The van der Waals surface area contributed by atoms with Crippen LogP contribution in [-0.4, -0.2) is 29.5 Å². The molecule has 0 fully saturated rings. The fraction of sp³-hybridized carbons (Fsp3) is 0.357. The highest BCUT2D eigenvalue weighted by Gasteiger charge is 2.18. The summed E-state index contributed by atoms with van der Waals surface area (Å²) in [6, 6.07) is 7.84. The summed E-state index contributed by atoms with van der Waals surface area (Å²) in [5.41, 5.74) is 1.74. The molecule has 0 saturated heterocycles. The van der Waals surface area contributed by atoms with E-state index in [0.29, 0.717) is 10.7 Å². The number of amides is 1. The number of nitrogens with zero attached hydrogens (tertiary/aromatic N) is 2. The van der Waals surface area contributed by atoms with E-state index in [1.807, 2.05) is 28.8 Å². The molecule has 2 aromatic rings. The normalized spacial score (nSPS) is 11.2. The molecule has 0 aliphatic heterocycles. The lowest BCUT2D eigenvalue weighted by atomic mass is 10.2. The maximum Gasteiger partial charge on any atom is 0.270 e. The van der Waals surface area contributed by atoms with E-state index < -0.39 is 0 Å². The molecule has 1 aromatic carbocycles. The number of hydrogen-bond donors (Lipinski definition) is 0. The van der Waals surface area contributed by atoms with Gasteiger partial charge in [0.15, 0.2) is 0 Å². The van der Waals surface area contributed by atoms with Crippen LogP contribution < -0.4 is 0 Å². The van der Waals surface area contributed by atoms with E-state index in [4.69, 9.17) is 11.6 Å². The minimum Gasteiger partial charge on any atom is -0.343 e. The van der Waals surface area contributed by atoms with Gasteiger partial charge in [0.25, 0.3) is 5.91 Å². The van der Waals surface area contributed by atoms with E-state index in [-0.39, 0.29) is 11.9 Å². The highest BCUT2D eigenvalue weighted by molar-refractivity contribution is 6.31. The van der Waals surface area contributed by atoms with Gasteiger partial charge in [0.1, 0.15) is 5.69 Å². The van der Waals surface area contributed by atoms with Gasteiger partial charge in [-0.05, 0) is 38.1 Å². The monoisotopic (exact) mass is 264 g/mol. The van der Waals surface area contributed by atoms with Gasteiger partial charge < -0.3 is 9.47 Å². The number of carbonyl (C=O) groups excluding carboxylic acids is 1. The minimum absolute atomic E-state index is 0.0102. The maximum atomic E-state index is 12.2. The van der Waals surface area contributed by atoms with Crippen LogP contribution in [-0.2, 0) is 0 Å². The molecule has 1 heterocycles. The third-order valence-electron chi connectivity index (χ3n) is 2.94. The second kappa shape index (κ2) is 4.65. The molecule has 0 aliphatic carbocycles. The van der Waals surface area contributed by atoms with Crippen LogP contribution in [0.2, 0.25) is 5.02 Å². The SMILES string of the molecule is CC(C)n1c(C(=O)N(C)C)cc2cc(Cl)ccc21. The Hall–Kier alpha value is -1.48. The first-order valence-corrected chi connectivity index (χ1v) is 6.31. The van der Waals surface area contributed by atoms with Gasteiger partial charge in [-0.1, -0.05) is 11.6 Å². The van der Waals surface area contributed by atoms with Crippen molar-refractivity contribution in [2.24, 2.45) is 0 Å². The van der Waals surface area contributed by atoms with Crippen molar-refractivity contribution in [3.8, 4) is 0 Å². The molecule has 1 aromatic heterocycles. The summed E-state index contributed by atoms with van der Waals surface area (Å²) >= 11 is 6.00. The number of aromatic nitrogens is 1. The lowest BCUT2D eigenvalue weighted by Gasteiger charge is -2.17. The van der Waals surface area contributed by atoms with Crippen molar-refractivity contribution in [2.45, 2.75) is 19.9 Å². The molecule has 0 saturated carbocycles. The molecule has 0 atom stereocenters. The van der Waals surface area contributed by atoms with Gasteiger partial charge >= 0.3 is 0 Å². The van der Waals surface area contributed by atoms with E-state index in [9.17, 15) is 4.79 Å². The average molecular weight is 265 g/mol. The standard InChI is InChI=1S/C14H17ClN2O/c1-9(2)17-12-6-5-11(15)7-10(12)8-13(17)14(18)16(3)4/h5-9H,1-4H3. The zero-order valence-electron chi connectivity index (χ0n) is 11.1. The zero-order valence-corrected chi connectivity index (χ0v) is 11.8. The summed E-state index contributed by atoms with van der Waals surface area (Å²) in [5, 5.41) is 1.69. The third-order valence-corrected chi connectivity index (χ3v) is 3.18. The van der Waals surface area contributed by atoms with Crippen LogP contribution in [0.15, 0.2) is 24.3 Å². The second-order valence-corrected chi connectivity index (χ2v) is 5.33. The first-order valence-electron chi connectivity index (χ1n) is 5.94. The molecule has 0 aliphatic rings. The Morgan fingerprint density at radius 2 is 1.94 bits per heavy atom. The molecule has 3 nitrogen and oxygen atoms in total. The Bertz CT molecular complexity index is 599. The molecule has 0 N–H and O–H groups in total. The van der Waals surface area contributed by atoms with Gasteiger partial charge in [0, 0.05) is 36.1 Å². The number of halogens is 1. The van der Waals surface area contributed by atoms with Crippen LogP contribution in [0.25, 0.3) is 10.9 Å². The van der Waals surface area contributed by atoms with Gasteiger partial charge in [-0.25, -0.2) is 0 Å². The Balaban J connectivity index is 2.72. The summed E-state index contributed by atoms with van der Waals surface area (Å²) in [5.74, 6) is 0.0102. The molecular weight excluding hydrogens is 248 g/mol. The van der Waals surface area contributed by atoms with Crippen LogP contribution in [0.1, 0.15) is 30.4 Å². The molecular formula is C14H17ClN2O. The maximum absolute atomic E-state index is 12.2. The first-order chi connectivity index (χ1) is 8.41. The van der Waals surface area contributed by atoms with Gasteiger partial charge in [0.2, 0.25) is 0 Å². The molecule has 0 spiro atoms. The molecule has 96 valence electrons. The van der Waals surface area contributed by atoms with Gasteiger partial charge in [0.05, 0.1) is 0 Å². The lowest BCUT2D eigenvalue weighted by Crippen LogP contribution is -2.25. The largest absolute Gasteiger partial charge is 0.343 e. The van der Waals surface area contributed by atoms with Crippen LogP contribution in [0.3, 0.4) is 0 Å². The molecule has 18 heavy (non-hydrogen) atoms. The predicted molar refractivity (Wildman–Crippen MR) is 75.4 cm³/mol. The quantitative estimate of drug-likeness (QED) is 0.814. The summed E-state index contributed by atoms with van der Waals surface area (Å²) in [7, 11) is 3.52. The van der Waals surface area contributed by atoms with Crippen LogP contribution >= 0.6 is 11.6 Å². The molecule has 0 unspecified atom stereocenters. The van der Waals surface area contributed by atoms with Crippen LogP contribution in [0.4, 0.5) is 0 Å². The number of carbonyl (C=O) groups is 1. The van der Waals surface area contributed by atoms with Crippen molar-refractivity contribution < 1.29 is 4.79 Å². The Kier molecular flexibility index (Phi) is 3.35. The molecule has 1 amide bonds. The highest BCUT2D eigenvalue weighted by atomic mass is 35.5. The summed E-state index contributed by atoms with van der Waals surface area (Å²) in [4.78, 5) is 13.8. The molecule has 0 bridgehead atoms. The van der Waals surface area contributed by atoms with Crippen molar-refractivity contribution in [1.82, 2.24) is 9.47 Å². The number of fused-ring (bicyclic) bond motifs is 1. The van der Waals surface area contributed by atoms with Gasteiger partial charge in [-0.3, -0.25) is 4.79 Å². The Labute approximate surface area is 112 Å². The summed E-state index contributed by atoms with van der Waals surface area (Å²) in [6.07, 6.45) is 0. The average Bonchev–Trinajstić information content (AvgIpc) is 2.65. The van der Waals surface area contributed by atoms with Crippen molar-refractivity contribution in [3.63, 3.8) is 0 Å². The van der Waals surface area contributed by atoms with E-state index in [1.165, 1.54) is 0 Å². The van der Waals surface area contributed by atoms with E-state index >= 15 is 0 Å². The van der Waals surface area contributed by atoms with Crippen molar-refractivity contribution in [1.29, 1.82) is 0 Å².